The van der Waals surface area contributed by atoms with Crippen LogP contribution in [-0.4, -0.2) is 68.0 Å². The molecule has 1 aromatic carbocycles. The Bertz CT molecular complexity index is 680. The second kappa shape index (κ2) is 6.51. The van der Waals surface area contributed by atoms with Crippen LogP contribution in [0.3, 0.4) is 0 Å². The van der Waals surface area contributed by atoms with Crippen LogP contribution in [0, 0.1) is 0 Å². The van der Waals surface area contributed by atoms with Crippen LogP contribution in [0.5, 0.6) is 0 Å². The Morgan fingerprint density at radius 1 is 1.12 bits per heavy atom. The number of carbonyl (C=O) groups excluding carboxylic acids is 3. The Hall–Kier alpha value is -2.57. The number of fused-ring (bicyclic) bond motifs is 1. The molecule has 0 radical (unpaired) electrons. The Balaban J connectivity index is 1.60. The summed E-state index contributed by atoms with van der Waals surface area (Å²) in [4.78, 5) is 40.7. The third kappa shape index (κ3) is 3.06. The zero-order valence-corrected chi connectivity index (χ0v) is 13.9. The lowest BCUT2D eigenvalue weighted by Gasteiger charge is -2.33. The third-order valence-electron chi connectivity index (χ3n) is 4.64. The lowest BCUT2D eigenvalue weighted by atomic mass is 10.1. The minimum absolute atomic E-state index is 0.0390. The van der Waals surface area contributed by atoms with E-state index in [-0.39, 0.29) is 17.9 Å². The van der Waals surface area contributed by atoms with Crippen LogP contribution in [-0.2, 0) is 27.2 Å². The fourth-order valence-electron chi connectivity index (χ4n) is 3.19. The highest BCUT2D eigenvalue weighted by atomic mass is 16.5. The highest BCUT2D eigenvalue weighted by molar-refractivity contribution is 6.01. The molecule has 1 saturated heterocycles. The normalized spacial score (nSPS) is 17.1. The Kier molecular flexibility index (Phi) is 4.42. The number of anilines is 1. The summed E-state index contributed by atoms with van der Waals surface area (Å²) in [6, 6.07) is 5.74. The second-order valence-electron chi connectivity index (χ2n) is 6.11. The fourth-order valence-corrected chi connectivity index (χ4v) is 3.19. The van der Waals surface area contributed by atoms with Crippen LogP contribution in [0.2, 0.25) is 0 Å². The minimum atomic E-state index is -0.352. The van der Waals surface area contributed by atoms with Crippen molar-refractivity contribution in [3.8, 4) is 0 Å². The molecule has 2 aliphatic rings. The summed E-state index contributed by atoms with van der Waals surface area (Å²) in [7, 11) is 3.12. The van der Waals surface area contributed by atoms with E-state index in [1.165, 1.54) is 7.11 Å². The first-order valence-electron chi connectivity index (χ1n) is 7.98. The van der Waals surface area contributed by atoms with E-state index in [0.717, 1.165) is 16.8 Å². The van der Waals surface area contributed by atoms with E-state index in [2.05, 4.69) is 0 Å². The van der Waals surface area contributed by atoms with Crippen LogP contribution in [0.1, 0.15) is 11.1 Å². The largest absolute Gasteiger partial charge is 0.453 e. The van der Waals surface area contributed by atoms with Gasteiger partial charge in [-0.2, -0.15) is 0 Å². The molecule has 0 aromatic heterocycles. The zero-order valence-electron chi connectivity index (χ0n) is 13.9. The number of piperazine rings is 1. The molecule has 7 heteroatoms. The molecule has 24 heavy (non-hydrogen) atoms. The Morgan fingerprint density at radius 3 is 2.46 bits per heavy atom. The first-order valence-corrected chi connectivity index (χ1v) is 7.98. The zero-order chi connectivity index (χ0) is 17.3. The van der Waals surface area contributed by atoms with Crippen molar-refractivity contribution in [3.63, 3.8) is 0 Å². The standard InChI is InChI=1S/C17H21N3O4/c1-18-14-4-3-12(9-13(14)11-15(18)21)10-16(22)19-5-7-20(8-6-19)17(23)24-2/h3-4,9H,5-8,10-11H2,1-2H3. The highest BCUT2D eigenvalue weighted by Crippen LogP contribution is 2.28. The van der Waals surface area contributed by atoms with Crippen LogP contribution in [0.4, 0.5) is 10.5 Å². The Labute approximate surface area is 140 Å². The van der Waals surface area contributed by atoms with Crippen molar-refractivity contribution in [2.24, 2.45) is 0 Å². The molecule has 2 heterocycles. The predicted molar refractivity (Wildman–Crippen MR) is 87.8 cm³/mol. The maximum atomic E-state index is 12.5. The first-order chi connectivity index (χ1) is 11.5. The fraction of sp³-hybridized carbons (Fsp3) is 0.471. The summed E-state index contributed by atoms with van der Waals surface area (Å²) >= 11 is 0. The number of likely N-dealkylation sites (N-methyl/N-ethyl adjacent to an activating group) is 1. The summed E-state index contributed by atoms with van der Waals surface area (Å²) in [5.74, 6) is 0.115. The van der Waals surface area contributed by atoms with Gasteiger partial charge in [-0.3, -0.25) is 9.59 Å². The van der Waals surface area contributed by atoms with E-state index in [1.54, 1.807) is 21.7 Å². The number of carbonyl (C=O) groups is 3. The monoisotopic (exact) mass is 331 g/mol. The van der Waals surface area contributed by atoms with Crippen molar-refractivity contribution < 1.29 is 19.1 Å². The lowest BCUT2D eigenvalue weighted by molar-refractivity contribution is -0.132. The molecule has 0 unspecified atom stereocenters. The molecule has 1 aromatic rings. The first kappa shape index (κ1) is 16.3. The third-order valence-corrected chi connectivity index (χ3v) is 4.64. The van der Waals surface area contributed by atoms with Crippen molar-refractivity contribution in [3.05, 3.63) is 29.3 Å². The number of ether oxygens (including phenoxy) is 1. The molecular weight excluding hydrogens is 310 g/mol. The summed E-state index contributed by atoms with van der Waals surface area (Å²) in [6.45, 7) is 2.00. The second-order valence-corrected chi connectivity index (χ2v) is 6.11. The summed E-state index contributed by atoms with van der Waals surface area (Å²) in [5, 5.41) is 0. The van der Waals surface area contributed by atoms with Gasteiger partial charge in [-0.15, -0.1) is 0 Å². The van der Waals surface area contributed by atoms with E-state index in [4.69, 9.17) is 4.74 Å². The van der Waals surface area contributed by atoms with Gasteiger partial charge in [-0.1, -0.05) is 12.1 Å². The van der Waals surface area contributed by atoms with Gasteiger partial charge in [0.15, 0.2) is 0 Å². The van der Waals surface area contributed by atoms with Gasteiger partial charge < -0.3 is 19.4 Å². The van der Waals surface area contributed by atoms with Gasteiger partial charge in [0.25, 0.3) is 0 Å². The molecular formula is C17H21N3O4. The maximum Gasteiger partial charge on any atom is 0.409 e. The molecule has 2 aliphatic heterocycles. The molecule has 7 nitrogen and oxygen atoms in total. The van der Waals surface area contributed by atoms with Gasteiger partial charge in [0, 0.05) is 38.9 Å². The lowest BCUT2D eigenvalue weighted by Crippen LogP contribution is -2.50. The Morgan fingerprint density at radius 2 is 1.79 bits per heavy atom. The highest BCUT2D eigenvalue weighted by Gasteiger charge is 2.26. The average molecular weight is 331 g/mol. The van der Waals surface area contributed by atoms with Gasteiger partial charge in [-0.05, 0) is 17.2 Å². The average Bonchev–Trinajstić information content (AvgIpc) is 2.88. The summed E-state index contributed by atoms with van der Waals surface area (Å²) in [6.07, 6.45) is 0.351. The van der Waals surface area contributed by atoms with Gasteiger partial charge >= 0.3 is 6.09 Å². The van der Waals surface area contributed by atoms with Gasteiger partial charge in [0.1, 0.15) is 0 Å². The van der Waals surface area contributed by atoms with Crippen LogP contribution in [0.15, 0.2) is 18.2 Å². The van der Waals surface area contributed by atoms with Crippen molar-refractivity contribution in [1.82, 2.24) is 9.80 Å². The molecule has 0 atom stereocenters. The smallest absolute Gasteiger partial charge is 0.409 e. The number of rotatable bonds is 2. The quantitative estimate of drug-likeness (QED) is 0.798. The van der Waals surface area contributed by atoms with Crippen LogP contribution in [0.25, 0.3) is 0 Å². The number of hydrogen-bond donors (Lipinski definition) is 0. The number of hydrogen-bond acceptors (Lipinski definition) is 4. The van der Waals surface area contributed by atoms with Gasteiger partial charge in [0.05, 0.1) is 20.0 Å². The molecule has 0 N–H and O–H groups in total. The maximum absolute atomic E-state index is 12.5. The predicted octanol–water partition coefficient (Wildman–Crippen LogP) is 0.659. The van der Waals surface area contributed by atoms with Crippen molar-refractivity contribution in [2.75, 3.05) is 45.2 Å². The van der Waals surface area contributed by atoms with Crippen molar-refractivity contribution >= 4 is 23.6 Å². The van der Waals surface area contributed by atoms with Crippen molar-refractivity contribution in [2.45, 2.75) is 12.8 Å². The van der Waals surface area contributed by atoms with E-state index in [1.807, 2.05) is 18.2 Å². The van der Waals surface area contributed by atoms with Crippen molar-refractivity contribution in [1.29, 1.82) is 0 Å². The SMILES string of the molecule is COC(=O)N1CCN(C(=O)Cc2ccc3c(c2)CC(=O)N3C)CC1. The number of amides is 3. The van der Waals surface area contributed by atoms with E-state index in [0.29, 0.717) is 39.0 Å². The topological polar surface area (TPSA) is 70.2 Å². The van der Waals surface area contributed by atoms with E-state index in [9.17, 15) is 14.4 Å². The number of methoxy groups -OCH3 is 1. The molecule has 1 fully saturated rings. The van der Waals surface area contributed by atoms with Crippen LogP contribution < -0.4 is 4.90 Å². The van der Waals surface area contributed by atoms with E-state index < -0.39 is 0 Å². The summed E-state index contributed by atoms with van der Waals surface area (Å²) in [5.41, 5.74) is 2.81. The van der Waals surface area contributed by atoms with Gasteiger partial charge in [-0.25, -0.2) is 4.79 Å². The molecule has 0 saturated carbocycles. The molecule has 128 valence electrons. The number of benzene rings is 1. The number of nitrogens with zero attached hydrogens (tertiary/aromatic N) is 3. The van der Waals surface area contributed by atoms with Crippen LogP contribution >= 0.6 is 0 Å². The summed E-state index contributed by atoms with van der Waals surface area (Å²) < 4.78 is 4.69. The molecule has 0 aliphatic carbocycles. The van der Waals surface area contributed by atoms with Gasteiger partial charge in [0.2, 0.25) is 11.8 Å². The van der Waals surface area contributed by atoms with E-state index >= 15 is 0 Å². The molecule has 0 bridgehead atoms. The minimum Gasteiger partial charge on any atom is -0.453 e. The molecule has 3 amide bonds. The molecule has 3 rings (SSSR count). The molecule has 0 spiro atoms.